The minimum Gasteiger partial charge on any atom is -0.237 e. The Hall–Kier alpha value is -2.45. The number of fused-ring (bicyclic) bond motifs is 1. The van der Waals surface area contributed by atoms with Gasteiger partial charge in [-0.15, -0.1) is 11.3 Å². The van der Waals surface area contributed by atoms with E-state index in [1.807, 2.05) is 6.07 Å². The molecule has 0 radical (unpaired) electrons. The Kier molecular flexibility index (Phi) is 3.47. The number of aromatic nitrogens is 1. The smallest absolute Gasteiger partial charge is 0.124 e. The Bertz CT molecular complexity index is 963. The Morgan fingerprint density at radius 3 is 2.22 bits per heavy atom. The summed E-state index contributed by atoms with van der Waals surface area (Å²) in [5.41, 5.74) is 6.08. The number of aryl methyl sites for hydroxylation is 2. The fourth-order valence-corrected chi connectivity index (χ4v) is 3.97. The van der Waals surface area contributed by atoms with Crippen LogP contribution in [0, 0.1) is 13.8 Å². The molecule has 2 aromatic carbocycles. The van der Waals surface area contributed by atoms with Crippen LogP contribution in [0.2, 0.25) is 0 Å². The average Bonchev–Trinajstić information content (AvgIpc) is 2.98. The molecule has 0 aliphatic rings. The lowest BCUT2D eigenvalue weighted by atomic mass is 10.1. The highest BCUT2D eigenvalue weighted by Gasteiger charge is 2.08. The molecule has 0 unspecified atom stereocenters. The molecule has 2 heterocycles. The van der Waals surface area contributed by atoms with Crippen molar-refractivity contribution in [1.29, 1.82) is 0 Å². The fraction of sp³-hybridized carbons (Fsp3) is 0.0952. The summed E-state index contributed by atoms with van der Waals surface area (Å²) in [5.74, 6) is 0. The van der Waals surface area contributed by atoms with Crippen molar-refractivity contribution in [2.24, 2.45) is 0 Å². The molecule has 4 rings (SSSR count). The van der Waals surface area contributed by atoms with Crippen LogP contribution in [0.4, 0.5) is 0 Å². The number of rotatable bonds is 2. The van der Waals surface area contributed by atoms with Crippen LogP contribution in [0.1, 0.15) is 11.1 Å². The van der Waals surface area contributed by atoms with E-state index in [-0.39, 0.29) is 0 Å². The average molecular weight is 315 g/mol. The molecule has 2 heteroatoms. The highest BCUT2D eigenvalue weighted by molar-refractivity contribution is 7.21. The standard InChI is InChI=1S/C21H17NS/c1-14-10-15(2)12-18(11-14)20-13-17-8-9-19(22-21(17)23-20)16-6-4-3-5-7-16/h3-13H,1-2H3. The molecular formula is C21H17NS. The van der Waals surface area contributed by atoms with E-state index in [0.717, 1.165) is 16.1 Å². The zero-order chi connectivity index (χ0) is 15.8. The molecule has 0 spiro atoms. The highest BCUT2D eigenvalue weighted by Crippen LogP contribution is 2.34. The number of hydrogen-bond acceptors (Lipinski definition) is 2. The second kappa shape index (κ2) is 5.64. The third-order valence-corrected chi connectivity index (χ3v) is 5.05. The van der Waals surface area contributed by atoms with E-state index in [2.05, 4.69) is 74.5 Å². The normalized spacial score (nSPS) is 11.0. The van der Waals surface area contributed by atoms with Gasteiger partial charge in [0.05, 0.1) is 5.69 Å². The Morgan fingerprint density at radius 1 is 0.739 bits per heavy atom. The summed E-state index contributed by atoms with van der Waals surface area (Å²) < 4.78 is 0. The third kappa shape index (κ3) is 2.78. The summed E-state index contributed by atoms with van der Waals surface area (Å²) in [6.45, 7) is 4.30. The van der Waals surface area contributed by atoms with E-state index >= 15 is 0 Å². The van der Waals surface area contributed by atoms with Gasteiger partial charge in [-0.2, -0.15) is 0 Å². The first-order valence-corrected chi connectivity index (χ1v) is 8.55. The Labute approximate surface area is 140 Å². The van der Waals surface area contributed by atoms with Gasteiger partial charge in [-0.05, 0) is 37.6 Å². The van der Waals surface area contributed by atoms with Crippen LogP contribution in [-0.4, -0.2) is 4.98 Å². The van der Waals surface area contributed by atoms with Gasteiger partial charge in [-0.3, -0.25) is 0 Å². The van der Waals surface area contributed by atoms with Crippen molar-refractivity contribution in [2.45, 2.75) is 13.8 Å². The molecule has 2 aromatic heterocycles. The predicted molar refractivity (Wildman–Crippen MR) is 100.0 cm³/mol. The highest BCUT2D eigenvalue weighted by atomic mass is 32.1. The summed E-state index contributed by atoms with van der Waals surface area (Å²) in [5, 5.41) is 1.21. The topological polar surface area (TPSA) is 12.9 Å². The van der Waals surface area contributed by atoms with Crippen molar-refractivity contribution in [1.82, 2.24) is 4.98 Å². The quantitative estimate of drug-likeness (QED) is 0.426. The summed E-state index contributed by atoms with van der Waals surface area (Å²) in [6.07, 6.45) is 0. The van der Waals surface area contributed by atoms with Crippen molar-refractivity contribution in [3.05, 3.63) is 77.9 Å². The summed E-state index contributed by atoms with van der Waals surface area (Å²) in [4.78, 5) is 7.23. The second-order valence-electron chi connectivity index (χ2n) is 5.94. The van der Waals surface area contributed by atoms with Crippen LogP contribution in [0.15, 0.2) is 66.7 Å². The molecule has 4 aromatic rings. The maximum Gasteiger partial charge on any atom is 0.124 e. The van der Waals surface area contributed by atoms with Gasteiger partial charge in [0.1, 0.15) is 4.83 Å². The van der Waals surface area contributed by atoms with E-state index in [0.29, 0.717) is 0 Å². The first-order chi connectivity index (χ1) is 11.2. The van der Waals surface area contributed by atoms with Gasteiger partial charge >= 0.3 is 0 Å². The van der Waals surface area contributed by atoms with Gasteiger partial charge in [0.25, 0.3) is 0 Å². The van der Waals surface area contributed by atoms with Gasteiger partial charge < -0.3 is 0 Å². The van der Waals surface area contributed by atoms with Gasteiger partial charge in [0.2, 0.25) is 0 Å². The second-order valence-corrected chi connectivity index (χ2v) is 6.97. The monoisotopic (exact) mass is 315 g/mol. The lowest BCUT2D eigenvalue weighted by Gasteiger charge is -2.01. The van der Waals surface area contributed by atoms with Crippen LogP contribution in [0.3, 0.4) is 0 Å². The Morgan fingerprint density at radius 2 is 1.48 bits per heavy atom. The molecule has 23 heavy (non-hydrogen) atoms. The minimum absolute atomic E-state index is 1.03. The van der Waals surface area contributed by atoms with Crippen LogP contribution in [-0.2, 0) is 0 Å². The molecule has 0 saturated heterocycles. The molecule has 0 amide bonds. The zero-order valence-corrected chi connectivity index (χ0v) is 14.0. The Balaban J connectivity index is 1.82. The molecule has 0 atom stereocenters. The molecule has 0 aliphatic carbocycles. The van der Waals surface area contributed by atoms with Crippen LogP contribution >= 0.6 is 11.3 Å². The van der Waals surface area contributed by atoms with Crippen LogP contribution < -0.4 is 0 Å². The molecule has 112 valence electrons. The van der Waals surface area contributed by atoms with Gasteiger partial charge in [0, 0.05) is 15.8 Å². The van der Waals surface area contributed by atoms with E-state index in [9.17, 15) is 0 Å². The SMILES string of the molecule is Cc1cc(C)cc(-c2cc3ccc(-c4ccccc4)nc3s2)c1. The number of hydrogen-bond donors (Lipinski definition) is 0. The zero-order valence-electron chi connectivity index (χ0n) is 13.2. The fourth-order valence-electron chi connectivity index (χ4n) is 2.95. The maximum absolute atomic E-state index is 4.86. The maximum atomic E-state index is 4.86. The molecule has 0 N–H and O–H groups in total. The van der Waals surface area contributed by atoms with Crippen LogP contribution in [0.5, 0.6) is 0 Å². The van der Waals surface area contributed by atoms with E-state index in [1.165, 1.54) is 27.0 Å². The van der Waals surface area contributed by atoms with E-state index in [4.69, 9.17) is 4.98 Å². The molecular weight excluding hydrogens is 298 g/mol. The number of thiophene rings is 1. The summed E-state index contributed by atoms with van der Waals surface area (Å²) in [6, 6.07) is 23.6. The summed E-state index contributed by atoms with van der Waals surface area (Å²) in [7, 11) is 0. The first-order valence-electron chi connectivity index (χ1n) is 7.74. The van der Waals surface area contributed by atoms with Crippen molar-refractivity contribution >= 4 is 21.6 Å². The predicted octanol–water partition coefficient (Wildman–Crippen LogP) is 6.25. The van der Waals surface area contributed by atoms with Gasteiger partial charge in [-0.25, -0.2) is 4.98 Å². The van der Waals surface area contributed by atoms with Gasteiger partial charge in [-0.1, -0.05) is 59.7 Å². The van der Waals surface area contributed by atoms with Gasteiger partial charge in [0.15, 0.2) is 0 Å². The lowest BCUT2D eigenvalue weighted by molar-refractivity contribution is 1.39. The molecule has 0 saturated carbocycles. The molecule has 0 fully saturated rings. The number of pyridine rings is 1. The van der Waals surface area contributed by atoms with Crippen molar-refractivity contribution in [3.8, 4) is 21.7 Å². The molecule has 1 nitrogen and oxygen atoms in total. The molecule has 0 aliphatic heterocycles. The summed E-state index contributed by atoms with van der Waals surface area (Å²) >= 11 is 1.77. The number of benzene rings is 2. The third-order valence-electron chi connectivity index (χ3n) is 3.96. The largest absolute Gasteiger partial charge is 0.237 e. The van der Waals surface area contributed by atoms with Crippen LogP contribution in [0.25, 0.3) is 31.9 Å². The van der Waals surface area contributed by atoms with Crippen molar-refractivity contribution < 1.29 is 0 Å². The van der Waals surface area contributed by atoms with Crippen molar-refractivity contribution in [2.75, 3.05) is 0 Å². The van der Waals surface area contributed by atoms with E-state index in [1.54, 1.807) is 11.3 Å². The van der Waals surface area contributed by atoms with Crippen molar-refractivity contribution in [3.63, 3.8) is 0 Å². The lowest BCUT2D eigenvalue weighted by Crippen LogP contribution is -1.81. The first kappa shape index (κ1) is 14.2. The number of nitrogens with zero attached hydrogens (tertiary/aromatic N) is 1. The molecule has 0 bridgehead atoms. The minimum atomic E-state index is 1.03. The van der Waals surface area contributed by atoms with E-state index < -0.39 is 0 Å².